The molecule has 1 unspecified atom stereocenters. The molecule has 0 spiro atoms. The van der Waals surface area contributed by atoms with Gasteiger partial charge in [-0.1, -0.05) is 123 Å². The molecule has 0 aromatic heterocycles. The molecule has 0 saturated heterocycles. The molecular formula is C27H53NO2. The Hall–Kier alpha value is -0.860. The molecule has 3 nitrogen and oxygen atoms in total. The molecule has 1 amide bonds. The van der Waals surface area contributed by atoms with Crippen molar-refractivity contribution >= 4 is 11.7 Å². The summed E-state index contributed by atoms with van der Waals surface area (Å²) in [6.45, 7) is 6.17. The number of amides is 1. The molecule has 1 atom stereocenters. The first-order valence-corrected chi connectivity index (χ1v) is 13.4. The van der Waals surface area contributed by atoms with Gasteiger partial charge in [-0.15, -0.1) is 0 Å². The van der Waals surface area contributed by atoms with Crippen molar-refractivity contribution in [2.75, 3.05) is 0 Å². The average molecular weight is 424 g/mol. The number of unbranched alkanes of at least 4 members (excludes halogenated alkanes) is 17. The quantitative estimate of drug-likeness (QED) is 0.168. The first-order chi connectivity index (χ1) is 14.6. The average Bonchev–Trinajstić information content (AvgIpc) is 2.74. The Morgan fingerprint density at radius 3 is 1.30 bits per heavy atom. The van der Waals surface area contributed by atoms with Crippen LogP contribution in [0.15, 0.2) is 0 Å². The van der Waals surface area contributed by atoms with E-state index < -0.39 is 0 Å². The van der Waals surface area contributed by atoms with Gasteiger partial charge in [-0.05, 0) is 19.8 Å². The maximum atomic E-state index is 12.1. The second-order valence-corrected chi connectivity index (χ2v) is 9.27. The third-order valence-electron chi connectivity index (χ3n) is 6.14. The molecule has 0 rings (SSSR count). The molecule has 0 fully saturated rings. The Morgan fingerprint density at radius 2 is 0.900 bits per heavy atom. The molecule has 0 bridgehead atoms. The first kappa shape index (κ1) is 29.1. The van der Waals surface area contributed by atoms with Crippen LogP contribution in [0.4, 0.5) is 0 Å². The normalized spacial score (nSPS) is 12.1. The van der Waals surface area contributed by atoms with Crippen LogP contribution < -0.4 is 5.32 Å². The summed E-state index contributed by atoms with van der Waals surface area (Å²) in [6, 6.07) is -0.324. The number of nitrogens with one attached hydrogen (secondary N) is 1. The van der Waals surface area contributed by atoms with E-state index in [4.69, 9.17) is 0 Å². The number of carbonyl (C=O) groups excluding carboxylic acids is 2. The fourth-order valence-electron chi connectivity index (χ4n) is 3.97. The van der Waals surface area contributed by atoms with Crippen molar-refractivity contribution in [2.24, 2.45) is 0 Å². The minimum absolute atomic E-state index is 0.0140. The van der Waals surface area contributed by atoms with Crippen LogP contribution in [0.5, 0.6) is 0 Å². The zero-order chi connectivity index (χ0) is 22.3. The topological polar surface area (TPSA) is 46.2 Å². The molecule has 0 aromatic rings. The highest BCUT2D eigenvalue weighted by atomic mass is 16.2. The molecule has 0 radical (unpaired) electrons. The van der Waals surface area contributed by atoms with E-state index in [1.54, 1.807) is 0 Å². The van der Waals surface area contributed by atoms with Crippen LogP contribution >= 0.6 is 0 Å². The Labute approximate surface area is 188 Å². The Morgan fingerprint density at radius 1 is 0.533 bits per heavy atom. The standard InChI is InChI=1S/C27H53NO2/c1-4-6-8-9-10-11-12-13-14-15-16-17-18-19-20-21-22-23-26(29)25(3)28-27(30)24-7-5-2/h25H,4-24H2,1-3H3,(H,28,30). The predicted molar refractivity (Wildman–Crippen MR) is 131 cm³/mol. The van der Waals surface area contributed by atoms with Crippen molar-refractivity contribution < 1.29 is 9.59 Å². The maximum Gasteiger partial charge on any atom is 0.220 e. The van der Waals surface area contributed by atoms with Crippen LogP contribution in [0.3, 0.4) is 0 Å². The first-order valence-electron chi connectivity index (χ1n) is 13.4. The van der Waals surface area contributed by atoms with Crippen molar-refractivity contribution in [1.82, 2.24) is 5.32 Å². The van der Waals surface area contributed by atoms with Crippen LogP contribution in [0, 0.1) is 0 Å². The summed E-state index contributed by atoms with van der Waals surface area (Å²) in [4.78, 5) is 23.8. The number of rotatable bonds is 23. The van der Waals surface area contributed by atoms with Gasteiger partial charge in [-0.2, -0.15) is 0 Å². The fraction of sp³-hybridized carbons (Fsp3) is 0.926. The third-order valence-corrected chi connectivity index (χ3v) is 6.14. The largest absolute Gasteiger partial charge is 0.347 e. The predicted octanol–water partition coefficient (Wildman–Crippen LogP) is 8.29. The van der Waals surface area contributed by atoms with Crippen molar-refractivity contribution in [3.05, 3.63) is 0 Å². The van der Waals surface area contributed by atoms with Gasteiger partial charge in [-0.25, -0.2) is 0 Å². The summed E-state index contributed by atoms with van der Waals surface area (Å²) in [5.74, 6) is 0.195. The lowest BCUT2D eigenvalue weighted by Gasteiger charge is -2.12. The lowest BCUT2D eigenvalue weighted by molar-refractivity contribution is -0.127. The number of ketones is 1. The van der Waals surface area contributed by atoms with Crippen LogP contribution in [0.1, 0.15) is 156 Å². The van der Waals surface area contributed by atoms with Crippen molar-refractivity contribution in [2.45, 2.75) is 162 Å². The molecule has 0 aliphatic carbocycles. The molecule has 178 valence electrons. The Kier molecular flexibility index (Phi) is 22.2. The second-order valence-electron chi connectivity index (χ2n) is 9.27. The Balaban J connectivity index is 3.30. The molecule has 0 heterocycles. The van der Waals surface area contributed by atoms with E-state index in [-0.39, 0.29) is 17.7 Å². The zero-order valence-corrected chi connectivity index (χ0v) is 20.7. The molecule has 3 heteroatoms. The Bertz CT molecular complexity index is 394. The lowest BCUT2D eigenvalue weighted by Crippen LogP contribution is -2.38. The van der Waals surface area contributed by atoms with Gasteiger partial charge in [0, 0.05) is 12.8 Å². The van der Waals surface area contributed by atoms with Crippen molar-refractivity contribution in [1.29, 1.82) is 0 Å². The summed E-state index contributed by atoms with van der Waals surface area (Å²) in [7, 11) is 0. The highest BCUT2D eigenvalue weighted by molar-refractivity contribution is 5.88. The van der Waals surface area contributed by atoms with E-state index in [2.05, 4.69) is 19.2 Å². The highest BCUT2D eigenvalue weighted by Crippen LogP contribution is 2.14. The van der Waals surface area contributed by atoms with Gasteiger partial charge in [0.25, 0.3) is 0 Å². The van der Waals surface area contributed by atoms with E-state index in [1.807, 2.05) is 6.92 Å². The van der Waals surface area contributed by atoms with Crippen molar-refractivity contribution in [3.63, 3.8) is 0 Å². The van der Waals surface area contributed by atoms with Gasteiger partial charge in [0.15, 0.2) is 5.78 Å². The molecule has 0 saturated carbocycles. The molecular weight excluding hydrogens is 370 g/mol. The van der Waals surface area contributed by atoms with Gasteiger partial charge >= 0.3 is 0 Å². The summed E-state index contributed by atoms with van der Waals surface area (Å²) in [5.41, 5.74) is 0. The van der Waals surface area contributed by atoms with E-state index in [1.165, 1.54) is 96.3 Å². The summed E-state index contributed by atoms with van der Waals surface area (Å²) in [6.07, 6.45) is 26.0. The van der Waals surface area contributed by atoms with Gasteiger partial charge in [0.05, 0.1) is 6.04 Å². The van der Waals surface area contributed by atoms with Crippen LogP contribution in [0.2, 0.25) is 0 Å². The third kappa shape index (κ3) is 20.4. The number of hydrogen-bond donors (Lipinski definition) is 1. The molecule has 0 aliphatic rings. The monoisotopic (exact) mass is 423 g/mol. The molecule has 0 aliphatic heterocycles. The van der Waals surface area contributed by atoms with Gasteiger partial charge in [0.2, 0.25) is 5.91 Å². The fourth-order valence-corrected chi connectivity index (χ4v) is 3.97. The minimum Gasteiger partial charge on any atom is -0.347 e. The second kappa shape index (κ2) is 22.8. The van der Waals surface area contributed by atoms with Crippen LogP contribution in [-0.2, 0) is 9.59 Å². The molecule has 30 heavy (non-hydrogen) atoms. The SMILES string of the molecule is CCCCCCCCCCCCCCCCCCCC(=O)C(C)NC(=O)CCCC. The van der Waals surface area contributed by atoms with E-state index in [0.29, 0.717) is 12.8 Å². The van der Waals surface area contributed by atoms with Gasteiger partial charge in [-0.3, -0.25) is 9.59 Å². The van der Waals surface area contributed by atoms with E-state index in [0.717, 1.165) is 25.7 Å². The summed E-state index contributed by atoms with van der Waals surface area (Å²) in [5, 5.41) is 2.83. The van der Waals surface area contributed by atoms with E-state index in [9.17, 15) is 9.59 Å². The van der Waals surface area contributed by atoms with Crippen molar-refractivity contribution in [3.8, 4) is 0 Å². The maximum absolute atomic E-state index is 12.1. The summed E-state index contributed by atoms with van der Waals surface area (Å²) >= 11 is 0. The zero-order valence-electron chi connectivity index (χ0n) is 20.7. The van der Waals surface area contributed by atoms with Gasteiger partial charge < -0.3 is 5.32 Å². The highest BCUT2D eigenvalue weighted by Gasteiger charge is 2.14. The summed E-state index contributed by atoms with van der Waals surface area (Å²) < 4.78 is 0. The van der Waals surface area contributed by atoms with E-state index >= 15 is 0 Å². The molecule has 1 N–H and O–H groups in total. The lowest BCUT2D eigenvalue weighted by atomic mass is 10.0. The smallest absolute Gasteiger partial charge is 0.220 e. The number of carbonyl (C=O) groups is 2. The van der Waals surface area contributed by atoms with Crippen LogP contribution in [-0.4, -0.2) is 17.7 Å². The molecule has 0 aromatic carbocycles. The van der Waals surface area contributed by atoms with Crippen LogP contribution in [0.25, 0.3) is 0 Å². The van der Waals surface area contributed by atoms with Gasteiger partial charge in [0.1, 0.15) is 0 Å². The number of hydrogen-bond acceptors (Lipinski definition) is 2. The number of Topliss-reactive ketones (excluding diaryl/α,β-unsaturated/α-hetero) is 1. The minimum atomic E-state index is -0.324.